The van der Waals surface area contributed by atoms with Crippen LogP contribution in [-0.2, 0) is 28.6 Å². The van der Waals surface area contributed by atoms with Crippen LogP contribution in [0.5, 0.6) is 0 Å². The Kier molecular flexibility index (Phi) is 34.4. The summed E-state index contributed by atoms with van der Waals surface area (Å²) in [4.78, 5) is 36.7. The molecule has 0 heterocycles. The quantitative estimate of drug-likeness (QED) is 0.0270. The fourth-order valence-corrected chi connectivity index (χ4v) is 5.91. The summed E-state index contributed by atoms with van der Waals surface area (Å²) in [6.07, 6.45) is 41.5. The highest BCUT2D eigenvalue weighted by molar-refractivity contribution is 5.70. The molecule has 0 amide bonds. The second-order valence-corrected chi connectivity index (χ2v) is 15.2. The maximum absolute atomic E-state index is 12.6. The van der Waals surface area contributed by atoms with Gasteiger partial charge in [0.1, 0.15) is 12.6 Å². The van der Waals surface area contributed by atoms with Gasteiger partial charge in [0.2, 0.25) is 0 Å². The van der Waals surface area contributed by atoms with E-state index in [1.54, 1.807) is 21.1 Å². The fourth-order valence-electron chi connectivity index (χ4n) is 5.91. The van der Waals surface area contributed by atoms with Crippen LogP contribution in [0.25, 0.3) is 0 Å². The molecular formula is C45H79NO7. The highest BCUT2D eigenvalue weighted by Crippen LogP contribution is 2.14. The van der Waals surface area contributed by atoms with E-state index in [1.165, 1.54) is 77.0 Å². The molecule has 8 heteroatoms. The highest BCUT2D eigenvalue weighted by Gasteiger charge is 2.25. The van der Waals surface area contributed by atoms with E-state index in [4.69, 9.17) is 14.2 Å². The number of nitrogens with zero attached hydrogens (tertiary/aromatic N) is 1. The molecule has 8 nitrogen and oxygen atoms in total. The summed E-state index contributed by atoms with van der Waals surface area (Å²) in [6.45, 7) is 4.47. The molecule has 0 aliphatic carbocycles. The second-order valence-electron chi connectivity index (χ2n) is 15.2. The minimum Gasteiger partial charge on any atom is -0.544 e. The number of carbonyl (C=O) groups is 3. The Balaban J connectivity index is 4.26. The van der Waals surface area contributed by atoms with E-state index in [0.717, 1.165) is 51.4 Å². The summed E-state index contributed by atoms with van der Waals surface area (Å²) in [5.74, 6) is -1.79. The number of likely N-dealkylation sites (N-methyl/N-ethyl adjacent to an activating group) is 1. The average Bonchev–Trinajstić information content (AvgIpc) is 3.11. The van der Waals surface area contributed by atoms with Gasteiger partial charge >= 0.3 is 11.9 Å². The van der Waals surface area contributed by atoms with Crippen molar-refractivity contribution in [2.24, 2.45) is 0 Å². The van der Waals surface area contributed by atoms with Crippen LogP contribution in [-0.4, -0.2) is 75.5 Å². The first kappa shape index (κ1) is 50.3. The molecule has 0 saturated carbocycles. The lowest BCUT2D eigenvalue weighted by atomic mass is 10.1. The number of hydrogen-bond acceptors (Lipinski definition) is 7. The van der Waals surface area contributed by atoms with Crippen molar-refractivity contribution in [1.29, 1.82) is 0 Å². The number of rotatable bonds is 37. The number of aliphatic carboxylic acids is 1. The standard InChI is InChI=1S/C45H79NO7/c1-6-8-10-12-14-16-17-18-19-20-21-22-23-24-25-26-28-29-31-33-35-43(47)52-40-41(39-51-38-37-42(45(49)50)46(3,4)5)53-44(48)36-34-32-30-27-15-13-11-9-7-2/h8,10,14,16,18-19,27,30,41-42H,6-7,9,11-13,15,17,20-26,28-29,31-40H2,1-5H3/b10-8+,16-14+,19-18+,30-27+. The van der Waals surface area contributed by atoms with Crippen molar-refractivity contribution in [2.75, 3.05) is 41.0 Å². The summed E-state index contributed by atoms with van der Waals surface area (Å²) in [5.41, 5.74) is 0. The molecule has 2 atom stereocenters. The van der Waals surface area contributed by atoms with Crippen LogP contribution in [0, 0.1) is 0 Å². The highest BCUT2D eigenvalue weighted by atomic mass is 16.6. The van der Waals surface area contributed by atoms with Gasteiger partial charge in [0.05, 0.1) is 40.3 Å². The van der Waals surface area contributed by atoms with E-state index in [0.29, 0.717) is 12.8 Å². The van der Waals surface area contributed by atoms with E-state index in [2.05, 4.69) is 62.5 Å². The summed E-state index contributed by atoms with van der Waals surface area (Å²) in [7, 11) is 5.39. The molecule has 0 aromatic rings. The van der Waals surface area contributed by atoms with Gasteiger partial charge in [-0.3, -0.25) is 9.59 Å². The first-order valence-corrected chi connectivity index (χ1v) is 21.2. The number of allylic oxidation sites excluding steroid dienone is 8. The van der Waals surface area contributed by atoms with Crippen LogP contribution in [0.15, 0.2) is 48.6 Å². The van der Waals surface area contributed by atoms with E-state index >= 15 is 0 Å². The number of carboxylic acids is 1. The Morgan fingerprint density at radius 2 is 1.08 bits per heavy atom. The lowest BCUT2D eigenvalue weighted by molar-refractivity contribution is -0.889. The predicted octanol–water partition coefficient (Wildman–Crippen LogP) is 9.91. The van der Waals surface area contributed by atoms with Crippen LogP contribution >= 0.6 is 0 Å². The topological polar surface area (TPSA) is 102 Å². The second kappa shape index (κ2) is 36.3. The molecule has 0 N–H and O–H groups in total. The molecule has 0 aliphatic heterocycles. The Bertz CT molecular complexity index is 1010. The molecule has 0 aliphatic rings. The zero-order chi connectivity index (χ0) is 39.3. The normalized spacial score (nSPS) is 13.5. The van der Waals surface area contributed by atoms with E-state index in [-0.39, 0.29) is 49.1 Å². The molecule has 0 spiro atoms. The number of unbranched alkanes of at least 4 members (excludes halogenated alkanes) is 15. The first-order chi connectivity index (χ1) is 25.6. The molecule has 0 bridgehead atoms. The van der Waals surface area contributed by atoms with Crippen LogP contribution < -0.4 is 5.11 Å². The van der Waals surface area contributed by atoms with Crippen molar-refractivity contribution >= 4 is 17.9 Å². The van der Waals surface area contributed by atoms with Gasteiger partial charge < -0.3 is 28.6 Å². The third kappa shape index (κ3) is 34.8. The molecule has 0 rings (SSSR count). The van der Waals surface area contributed by atoms with Crippen molar-refractivity contribution in [3.8, 4) is 0 Å². The lowest BCUT2D eigenvalue weighted by Gasteiger charge is -2.34. The van der Waals surface area contributed by atoms with E-state index in [1.807, 2.05) is 0 Å². The van der Waals surface area contributed by atoms with Crippen molar-refractivity contribution in [1.82, 2.24) is 0 Å². The van der Waals surface area contributed by atoms with E-state index in [9.17, 15) is 19.5 Å². The molecule has 0 fully saturated rings. The van der Waals surface area contributed by atoms with Crippen LogP contribution in [0.3, 0.4) is 0 Å². The van der Waals surface area contributed by atoms with Crippen molar-refractivity contribution in [3.05, 3.63) is 48.6 Å². The lowest BCUT2D eigenvalue weighted by Crippen LogP contribution is -2.55. The van der Waals surface area contributed by atoms with Gasteiger partial charge in [0.25, 0.3) is 0 Å². The smallest absolute Gasteiger partial charge is 0.306 e. The Morgan fingerprint density at radius 3 is 1.64 bits per heavy atom. The maximum Gasteiger partial charge on any atom is 0.306 e. The number of esters is 2. The molecule has 0 saturated heterocycles. The maximum atomic E-state index is 12.6. The summed E-state index contributed by atoms with van der Waals surface area (Å²) in [5, 5.41) is 11.6. The Labute approximate surface area is 325 Å². The van der Waals surface area contributed by atoms with Crippen molar-refractivity contribution in [3.63, 3.8) is 0 Å². The van der Waals surface area contributed by atoms with Crippen molar-refractivity contribution < 1.29 is 38.2 Å². The molecular weight excluding hydrogens is 666 g/mol. The van der Waals surface area contributed by atoms with Gasteiger partial charge in [0.15, 0.2) is 6.10 Å². The number of carboxylic acid groups (broad SMARTS) is 1. The summed E-state index contributed by atoms with van der Waals surface area (Å²) in [6, 6.07) is -0.729. The average molecular weight is 746 g/mol. The Morgan fingerprint density at radius 1 is 0.585 bits per heavy atom. The zero-order valence-corrected chi connectivity index (χ0v) is 34.7. The molecule has 53 heavy (non-hydrogen) atoms. The summed E-state index contributed by atoms with van der Waals surface area (Å²) < 4.78 is 17.1. The van der Waals surface area contributed by atoms with Crippen LogP contribution in [0.1, 0.15) is 168 Å². The molecule has 0 aromatic heterocycles. The van der Waals surface area contributed by atoms with Crippen LogP contribution in [0.4, 0.5) is 0 Å². The molecule has 0 aromatic carbocycles. The molecule has 306 valence electrons. The third-order valence-electron chi connectivity index (χ3n) is 9.20. The zero-order valence-electron chi connectivity index (χ0n) is 34.7. The SMILES string of the molecule is CC/C=C/C/C=C/C/C=C/CCCCCCCCCCCCC(=O)OCC(COCCC(C(=O)[O-])[N+](C)(C)C)OC(=O)CCC/C=C/CCCCCC. The fraction of sp³-hybridized carbons (Fsp3) is 0.756. The van der Waals surface area contributed by atoms with Crippen LogP contribution in [0.2, 0.25) is 0 Å². The number of carbonyl (C=O) groups excluding carboxylic acids is 3. The van der Waals surface area contributed by atoms with E-state index < -0.39 is 18.1 Å². The monoisotopic (exact) mass is 746 g/mol. The number of quaternary nitrogens is 1. The predicted molar refractivity (Wildman–Crippen MR) is 217 cm³/mol. The van der Waals surface area contributed by atoms with Gasteiger partial charge in [-0.15, -0.1) is 0 Å². The number of hydrogen-bond donors (Lipinski definition) is 0. The van der Waals surface area contributed by atoms with Crippen molar-refractivity contribution in [2.45, 2.75) is 180 Å². The molecule has 0 radical (unpaired) electrons. The minimum atomic E-state index is -1.13. The minimum absolute atomic E-state index is 0.0279. The van der Waals surface area contributed by atoms with Gasteiger partial charge in [0, 0.05) is 19.3 Å². The largest absolute Gasteiger partial charge is 0.544 e. The van der Waals surface area contributed by atoms with Gasteiger partial charge in [-0.1, -0.05) is 133 Å². The van der Waals surface area contributed by atoms with Gasteiger partial charge in [-0.05, 0) is 64.2 Å². The third-order valence-corrected chi connectivity index (χ3v) is 9.20. The molecule has 2 unspecified atom stereocenters. The van der Waals surface area contributed by atoms with Gasteiger partial charge in [-0.2, -0.15) is 0 Å². The first-order valence-electron chi connectivity index (χ1n) is 21.2. The summed E-state index contributed by atoms with van der Waals surface area (Å²) >= 11 is 0. The number of ether oxygens (including phenoxy) is 3. The van der Waals surface area contributed by atoms with Gasteiger partial charge in [-0.25, -0.2) is 0 Å². The Hall–Kier alpha value is -2.71.